The highest BCUT2D eigenvalue weighted by Gasteiger charge is 2.33. The van der Waals surface area contributed by atoms with E-state index in [9.17, 15) is 17.6 Å². The molecule has 0 amide bonds. The van der Waals surface area contributed by atoms with Crippen LogP contribution in [-0.2, 0) is 6.18 Å². The first-order valence-corrected chi connectivity index (χ1v) is 3.42. The molecule has 0 aliphatic rings. The SMILES string of the molecule is N#Cc1cc(N)c(C(F)(F)F)cc1F. The van der Waals surface area contributed by atoms with Gasteiger partial charge >= 0.3 is 6.18 Å². The van der Waals surface area contributed by atoms with Crippen molar-refractivity contribution in [3.05, 3.63) is 29.1 Å². The van der Waals surface area contributed by atoms with E-state index in [-0.39, 0.29) is 6.07 Å². The van der Waals surface area contributed by atoms with Crippen molar-refractivity contribution in [1.82, 2.24) is 0 Å². The zero-order valence-corrected chi connectivity index (χ0v) is 6.69. The molecular weight excluding hydrogens is 200 g/mol. The summed E-state index contributed by atoms with van der Waals surface area (Å²) in [4.78, 5) is 0. The lowest BCUT2D eigenvalue weighted by Crippen LogP contribution is -2.10. The predicted octanol–water partition coefficient (Wildman–Crippen LogP) is 2.30. The summed E-state index contributed by atoms with van der Waals surface area (Å²) in [5.74, 6) is -1.23. The van der Waals surface area contributed by atoms with Gasteiger partial charge in [0.25, 0.3) is 0 Å². The van der Waals surface area contributed by atoms with Crippen molar-refractivity contribution >= 4 is 5.69 Å². The van der Waals surface area contributed by atoms with Crippen LogP contribution >= 0.6 is 0 Å². The second-order valence-corrected chi connectivity index (χ2v) is 2.53. The van der Waals surface area contributed by atoms with Crippen LogP contribution in [0.2, 0.25) is 0 Å². The van der Waals surface area contributed by atoms with Crippen LogP contribution in [0.5, 0.6) is 0 Å². The molecule has 0 aromatic heterocycles. The number of halogens is 4. The van der Waals surface area contributed by atoms with E-state index in [1.165, 1.54) is 6.07 Å². The summed E-state index contributed by atoms with van der Waals surface area (Å²) in [6, 6.07) is 2.27. The molecule has 1 aromatic rings. The van der Waals surface area contributed by atoms with Crippen molar-refractivity contribution < 1.29 is 17.6 Å². The maximum Gasteiger partial charge on any atom is 0.418 e. The summed E-state index contributed by atoms with van der Waals surface area (Å²) < 4.78 is 49.2. The molecule has 1 aromatic carbocycles. The Kier molecular flexibility index (Phi) is 2.34. The second kappa shape index (κ2) is 3.18. The molecule has 1 rings (SSSR count). The molecular formula is C8H4F4N2. The quantitative estimate of drug-likeness (QED) is 0.520. The third-order valence-electron chi connectivity index (χ3n) is 1.57. The summed E-state index contributed by atoms with van der Waals surface area (Å²) >= 11 is 0. The molecule has 2 nitrogen and oxygen atoms in total. The van der Waals surface area contributed by atoms with Crippen LogP contribution in [0.15, 0.2) is 12.1 Å². The van der Waals surface area contributed by atoms with E-state index in [4.69, 9.17) is 11.0 Å². The third kappa shape index (κ3) is 1.76. The summed E-state index contributed by atoms with van der Waals surface area (Å²) in [6.07, 6.45) is -4.71. The van der Waals surface area contributed by atoms with Crippen molar-refractivity contribution in [3.63, 3.8) is 0 Å². The highest BCUT2D eigenvalue weighted by Crippen LogP contribution is 2.34. The van der Waals surface area contributed by atoms with Crippen molar-refractivity contribution in [2.24, 2.45) is 0 Å². The fourth-order valence-electron chi connectivity index (χ4n) is 0.921. The predicted molar refractivity (Wildman–Crippen MR) is 40.5 cm³/mol. The minimum atomic E-state index is -4.71. The first-order valence-electron chi connectivity index (χ1n) is 3.42. The van der Waals surface area contributed by atoms with E-state index in [2.05, 4.69) is 0 Å². The Hall–Kier alpha value is -1.77. The van der Waals surface area contributed by atoms with Gasteiger partial charge < -0.3 is 5.73 Å². The highest BCUT2D eigenvalue weighted by atomic mass is 19.4. The van der Waals surface area contributed by atoms with Gasteiger partial charge in [-0.05, 0) is 12.1 Å². The van der Waals surface area contributed by atoms with Crippen LogP contribution in [-0.4, -0.2) is 0 Å². The van der Waals surface area contributed by atoms with Gasteiger partial charge in [0.1, 0.15) is 11.9 Å². The van der Waals surface area contributed by atoms with E-state index in [1.807, 2.05) is 0 Å². The normalized spacial score (nSPS) is 11.1. The lowest BCUT2D eigenvalue weighted by Gasteiger charge is -2.09. The molecule has 0 saturated carbocycles. The first kappa shape index (κ1) is 10.3. The van der Waals surface area contributed by atoms with Gasteiger partial charge in [-0.1, -0.05) is 0 Å². The summed E-state index contributed by atoms with van der Waals surface area (Å²) in [6.45, 7) is 0. The van der Waals surface area contributed by atoms with Crippen molar-refractivity contribution in [1.29, 1.82) is 5.26 Å². The number of anilines is 1. The van der Waals surface area contributed by atoms with Gasteiger partial charge in [0.05, 0.1) is 11.1 Å². The number of nitrogen functional groups attached to an aromatic ring is 1. The number of hydrogen-bond acceptors (Lipinski definition) is 2. The van der Waals surface area contributed by atoms with Crippen LogP contribution in [0.4, 0.5) is 23.2 Å². The minimum absolute atomic E-state index is 0.216. The van der Waals surface area contributed by atoms with E-state index in [0.29, 0.717) is 6.07 Å². The van der Waals surface area contributed by atoms with E-state index >= 15 is 0 Å². The second-order valence-electron chi connectivity index (χ2n) is 2.53. The van der Waals surface area contributed by atoms with Crippen molar-refractivity contribution in [2.75, 3.05) is 5.73 Å². The van der Waals surface area contributed by atoms with Gasteiger partial charge in [0.15, 0.2) is 0 Å². The molecule has 14 heavy (non-hydrogen) atoms. The first-order chi connectivity index (χ1) is 6.36. The zero-order valence-electron chi connectivity index (χ0n) is 6.69. The maximum atomic E-state index is 12.8. The Labute approximate surface area is 76.6 Å². The topological polar surface area (TPSA) is 49.8 Å². The van der Waals surface area contributed by atoms with E-state index in [1.54, 1.807) is 0 Å². The van der Waals surface area contributed by atoms with Gasteiger partial charge in [0, 0.05) is 5.69 Å². The van der Waals surface area contributed by atoms with Crippen molar-refractivity contribution in [3.8, 4) is 6.07 Å². The van der Waals surface area contributed by atoms with Crippen LogP contribution < -0.4 is 5.73 Å². The average molecular weight is 204 g/mol. The highest BCUT2D eigenvalue weighted by molar-refractivity contribution is 5.54. The summed E-state index contributed by atoms with van der Waals surface area (Å²) in [5, 5.41) is 8.31. The lowest BCUT2D eigenvalue weighted by molar-refractivity contribution is -0.137. The molecule has 0 spiro atoms. The maximum absolute atomic E-state index is 12.8. The largest absolute Gasteiger partial charge is 0.418 e. The van der Waals surface area contributed by atoms with Gasteiger partial charge in [-0.3, -0.25) is 0 Å². The molecule has 0 aliphatic heterocycles. The molecule has 0 unspecified atom stereocenters. The van der Waals surface area contributed by atoms with Gasteiger partial charge in [0.2, 0.25) is 0 Å². The Bertz CT molecular complexity index is 403. The smallest absolute Gasteiger partial charge is 0.398 e. The van der Waals surface area contributed by atoms with Gasteiger partial charge in [-0.15, -0.1) is 0 Å². The monoisotopic (exact) mass is 204 g/mol. The molecule has 0 atom stereocenters. The Morgan fingerprint density at radius 1 is 1.29 bits per heavy atom. The van der Waals surface area contributed by atoms with Crippen molar-refractivity contribution in [2.45, 2.75) is 6.18 Å². The van der Waals surface area contributed by atoms with Gasteiger partial charge in [-0.25, -0.2) is 4.39 Å². The number of hydrogen-bond donors (Lipinski definition) is 1. The molecule has 0 aliphatic carbocycles. The number of nitrogens with zero attached hydrogens (tertiary/aromatic N) is 1. The number of benzene rings is 1. The zero-order chi connectivity index (χ0) is 10.9. The fourth-order valence-corrected chi connectivity index (χ4v) is 0.921. The fraction of sp³-hybridized carbons (Fsp3) is 0.125. The molecule has 0 radical (unpaired) electrons. The minimum Gasteiger partial charge on any atom is -0.398 e. The Morgan fingerprint density at radius 2 is 1.86 bits per heavy atom. The molecule has 0 fully saturated rings. The van der Waals surface area contributed by atoms with Gasteiger partial charge in [-0.2, -0.15) is 18.4 Å². The number of alkyl halides is 3. The molecule has 0 saturated heterocycles. The molecule has 74 valence electrons. The molecule has 0 bridgehead atoms. The van der Waals surface area contributed by atoms with Crippen LogP contribution in [0, 0.1) is 17.1 Å². The summed E-state index contributed by atoms with van der Waals surface area (Å²) in [5.41, 5.74) is 2.58. The average Bonchev–Trinajstić information content (AvgIpc) is 2.06. The molecule has 6 heteroatoms. The molecule has 2 N–H and O–H groups in total. The van der Waals surface area contributed by atoms with Crippen LogP contribution in [0.25, 0.3) is 0 Å². The van der Waals surface area contributed by atoms with Crippen LogP contribution in [0.1, 0.15) is 11.1 Å². The number of nitrogens with two attached hydrogens (primary N) is 1. The Morgan fingerprint density at radius 3 is 2.29 bits per heavy atom. The molecule has 0 heterocycles. The van der Waals surface area contributed by atoms with Crippen LogP contribution in [0.3, 0.4) is 0 Å². The number of rotatable bonds is 0. The van der Waals surface area contributed by atoms with E-state index < -0.39 is 28.8 Å². The Balaban J connectivity index is 3.38. The summed E-state index contributed by atoms with van der Waals surface area (Å²) in [7, 11) is 0. The van der Waals surface area contributed by atoms with E-state index in [0.717, 1.165) is 0 Å². The third-order valence-corrected chi connectivity index (χ3v) is 1.57. The lowest BCUT2D eigenvalue weighted by atomic mass is 10.1. The standard InChI is InChI=1S/C8H4F4N2/c9-6-2-5(8(10,11)12)7(14)1-4(6)3-13/h1-2H,14H2. The number of nitriles is 1.